The number of aryl methyl sites for hydroxylation is 1. The maximum absolute atomic E-state index is 4.96. The SMILES string of the molecule is C=C[Si](OC)(OC)OC.CCc1cc[c]cc1. The van der Waals surface area contributed by atoms with Crippen molar-refractivity contribution in [3.8, 4) is 0 Å². The molecule has 1 rings (SSSR count). The van der Waals surface area contributed by atoms with Crippen molar-refractivity contribution in [2.24, 2.45) is 0 Å². The quantitative estimate of drug-likeness (QED) is 0.755. The molecule has 0 saturated carbocycles. The van der Waals surface area contributed by atoms with Gasteiger partial charge in [0.15, 0.2) is 0 Å². The highest BCUT2D eigenvalue weighted by Gasteiger charge is 2.33. The van der Waals surface area contributed by atoms with Crippen LogP contribution in [0.2, 0.25) is 0 Å². The summed E-state index contributed by atoms with van der Waals surface area (Å²) in [6, 6.07) is 11.0. The number of benzene rings is 1. The molecule has 3 nitrogen and oxygen atoms in total. The van der Waals surface area contributed by atoms with E-state index in [0.29, 0.717) is 0 Å². The Morgan fingerprint density at radius 2 is 1.65 bits per heavy atom. The molecule has 17 heavy (non-hydrogen) atoms. The van der Waals surface area contributed by atoms with E-state index in [1.54, 1.807) is 27.0 Å². The Kier molecular flexibility index (Phi) is 8.62. The van der Waals surface area contributed by atoms with Crippen molar-refractivity contribution in [2.75, 3.05) is 21.3 Å². The third kappa shape index (κ3) is 5.79. The molecular formula is C13H21O3Si. The van der Waals surface area contributed by atoms with E-state index in [4.69, 9.17) is 13.3 Å². The molecule has 0 aliphatic heterocycles. The van der Waals surface area contributed by atoms with Crippen molar-refractivity contribution in [2.45, 2.75) is 13.3 Å². The molecule has 0 atom stereocenters. The van der Waals surface area contributed by atoms with Crippen LogP contribution in [0.3, 0.4) is 0 Å². The molecule has 0 saturated heterocycles. The van der Waals surface area contributed by atoms with Gasteiger partial charge in [-0.15, -0.1) is 0 Å². The average molecular weight is 253 g/mol. The largest absolute Gasteiger partial charge is 0.528 e. The van der Waals surface area contributed by atoms with Crippen LogP contribution < -0.4 is 0 Å². The van der Waals surface area contributed by atoms with Crippen LogP contribution in [0.25, 0.3) is 0 Å². The molecule has 4 heteroatoms. The first-order chi connectivity index (χ1) is 8.17. The second-order valence-corrected chi connectivity index (χ2v) is 6.02. The molecule has 0 fully saturated rings. The molecule has 0 amide bonds. The normalized spacial score (nSPS) is 10.4. The first-order valence-corrected chi connectivity index (χ1v) is 7.22. The molecule has 0 unspecified atom stereocenters. The van der Waals surface area contributed by atoms with E-state index in [2.05, 4.69) is 31.7 Å². The second kappa shape index (κ2) is 9.12. The monoisotopic (exact) mass is 253 g/mol. The summed E-state index contributed by atoms with van der Waals surface area (Å²) in [5, 5.41) is 0. The minimum Gasteiger partial charge on any atom is -0.374 e. The molecule has 0 spiro atoms. The zero-order valence-corrected chi connectivity index (χ0v) is 12.0. The number of rotatable bonds is 5. The molecular weight excluding hydrogens is 232 g/mol. The Morgan fingerprint density at radius 3 is 1.82 bits per heavy atom. The molecule has 1 aromatic rings. The maximum Gasteiger partial charge on any atom is 0.528 e. The topological polar surface area (TPSA) is 27.7 Å². The van der Waals surface area contributed by atoms with Crippen LogP contribution in [0, 0.1) is 6.07 Å². The summed E-state index contributed by atoms with van der Waals surface area (Å²) < 4.78 is 14.9. The van der Waals surface area contributed by atoms with Gasteiger partial charge >= 0.3 is 8.80 Å². The molecule has 0 aliphatic carbocycles. The summed E-state index contributed by atoms with van der Waals surface area (Å²) in [4.78, 5) is 0. The van der Waals surface area contributed by atoms with E-state index in [-0.39, 0.29) is 0 Å². The maximum atomic E-state index is 4.96. The molecule has 0 N–H and O–H groups in total. The predicted octanol–water partition coefficient (Wildman–Crippen LogP) is 2.64. The molecule has 1 radical (unpaired) electrons. The van der Waals surface area contributed by atoms with Crippen molar-refractivity contribution in [3.63, 3.8) is 0 Å². The lowest BCUT2D eigenvalue weighted by atomic mass is 10.2. The Morgan fingerprint density at radius 1 is 1.18 bits per heavy atom. The first-order valence-electron chi connectivity index (χ1n) is 5.42. The van der Waals surface area contributed by atoms with Gasteiger partial charge in [0.1, 0.15) is 0 Å². The Balaban J connectivity index is 0.000000302. The predicted molar refractivity (Wildman–Crippen MR) is 71.6 cm³/mol. The third-order valence-electron chi connectivity index (χ3n) is 2.30. The molecule has 95 valence electrons. The van der Waals surface area contributed by atoms with Crippen LogP contribution in [-0.2, 0) is 19.7 Å². The van der Waals surface area contributed by atoms with Crippen LogP contribution >= 0.6 is 0 Å². The average Bonchev–Trinajstić information content (AvgIpc) is 2.44. The van der Waals surface area contributed by atoms with E-state index >= 15 is 0 Å². The third-order valence-corrected chi connectivity index (χ3v) is 4.51. The Labute approximate surface area is 105 Å². The zero-order valence-electron chi connectivity index (χ0n) is 11.0. The fraction of sp³-hybridized carbons (Fsp3) is 0.385. The van der Waals surface area contributed by atoms with Crippen molar-refractivity contribution in [1.82, 2.24) is 0 Å². The number of hydrogen-bond donors (Lipinski definition) is 0. The Bertz CT molecular complexity index is 289. The zero-order chi connectivity index (χ0) is 13.1. The van der Waals surface area contributed by atoms with Crippen LogP contribution in [0.15, 0.2) is 36.5 Å². The molecule has 0 bridgehead atoms. The van der Waals surface area contributed by atoms with Gasteiger partial charge in [-0.1, -0.05) is 37.8 Å². The summed E-state index contributed by atoms with van der Waals surface area (Å²) in [5.41, 5.74) is 2.95. The highest BCUT2D eigenvalue weighted by molar-refractivity contribution is 6.66. The van der Waals surface area contributed by atoms with Gasteiger partial charge in [-0.25, -0.2) is 0 Å². The van der Waals surface area contributed by atoms with Gasteiger partial charge in [-0.3, -0.25) is 0 Å². The minimum atomic E-state index is -2.43. The highest BCUT2D eigenvalue weighted by atomic mass is 28.4. The summed E-state index contributed by atoms with van der Waals surface area (Å²) in [6.45, 7) is 5.68. The summed E-state index contributed by atoms with van der Waals surface area (Å²) in [6.07, 6.45) is 1.12. The molecule has 0 aromatic heterocycles. The van der Waals surface area contributed by atoms with Crippen LogP contribution in [0.4, 0.5) is 0 Å². The van der Waals surface area contributed by atoms with Gasteiger partial charge in [-0.2, -0.15) is 0 Å². The summed E-state index contributed by atoms with van der Waals surface area (Å²) in [7, 11) is 2.20. The van der Waals surface area contributed by atoms with Crippen molar-refractivity contribution < 1.29 is 13.3 Å². The highest BCUT2D eigenvalue weighted by Crippen LogP contribution is 2.05. The van der Waals surface area contributed by atoms with E-state index in [0.717, 1.165) is 6.42 Å². The smallest absolute Gasteiger partial charge is 0.374 e. The molecule has 1 aromatic carbocycles. The fourth-order valence-electron chi connectivity index (χ4n) is 1.16. The van der Waals surface area contributed by atoms with Gasteiger partial charge in [0.25, 0.3) is 0 Å². The van der Waals surface area contributed by atoms with Gasteiger partial charge in [-0.05, 0) is 23.7 Å². The van der Waals surface area contributed by atoms with Crippen LogP contribution in [-0.4, -0.2) is 30.1 Å². The lowest BCUT2D eigenvalue weighted by Gasteiger charge is -2.19. The summed E-state index contributed by atoms with van der Waals surface area (Å²) in [5.74, 6) is 0. The van der Waals surface area contributed by atoms with Crippen LogP contribution in [0.5, 0.6) is 0 Å². The fourth-order valence-corrected chi connectivity index (χ4v) is 2.16. The lowest BCUT2D eigenvalue weighted by molar-refractivity contribution is 0.138. The first kappa shape index (κ1) is 16.1. The van der Waals surface area contributed by atoms with Crippen LogP contribution in [0.1, 0.15) is 12.5 Å². The Hall–Kier alpha value is -0.943. The molecule has 0 aliphatic rings. The second-order valence-electron chi connectivity index (χ2n) is 3.18. The summed E-state index contributed by atoms with van der Waals surface area (Å²) >= 11 is 0. The van der Waals surface area contributed by atoms with E-state index in [1.165, 1.54) is 5.56 Å². The minimum absolute atomic E-state index is 1.12. The lowest BCUT2D eigenvalue weighted by Crippen LogP contribution is -2.40. The van der Waals surface area contributed by atoms with Crippen molar-refractivity contribution >= 4 is 8.80 Å². The van der Waals surface area contributed by atoms with E-state index in [1.807, 2.05) is 12.1 Å². The van der Waals surface area contributed by atoms with E-state index in [9.17, 15) is 0 Å². The van der Waals surface area contributed by atoms with Crippen molar-refractivity contribution in [1.29, 1.82) is 0 Å². The van der Waals surface area contributed by atoms with Gasteiger partial charge in [0, 0.05) is 21.3 Å². The van der Waals surface area contributed by atoms with Gasteiger partial charge < -0.3 is 13.3 Å². The number of hydrogen-bond acceptors (Lipinski definition) is 3. The van der Waals surface area contributed by atoms with Gasteiger partial charge in [0.05, 0.1) is 0 Å². The van der Waals surface area contributed by atoms with E-state index < -0.39 is 8.80 Å². The van der Waals surface area contributed by atoms with Gasteiger partial charge in [0.2, 0.25) is 0 Å². The van der Waals surface area contributed by atoms with Crippen molar-refractivity contribution in [3.05, 3.63) is 48.2 Å². The molecule has 0 heterocycles. The standard InChI is InChI=1S/C8H9.C5H12O3Si/c1-2-8-6-4-3-5-7-8;1-5-9(6-2,7-3)8-4/h4-7H,2H2,1H3;5H,1H2,2-4H3.